The Balaban J connectivity index is 2.29. The molecule has 1 aliphatic heterocycles. The van der Waals surface area contributed by atoms with Crippen LogP contribution >= 0.6 is 11.6 Å². The molecule has 0 aliphatic carbocycles. The molecule has 1 aliphatic rings. The number of nitrogens with zero attached hydrogens (tertiary/aromatic N) is 1. The van der Waals surface area contributed by atoms with Crippen LogP contribution in [0.1, 0.15) is 28.4 Å². The van der Waals surface area contributed by atoms with Gasteiger partial charge >= 0.3 is 11.6 Å². The number of halogens is 6. The van der Waals surface area contributed by atoms with E-state index < -0.39 is 28.9 Å². The molecule has 1 heterocycles. The third-order valence-electron chi connectivity index (χ3n) is 5.04. The van der Waals surface area contributed by atoms with Gasteiger partial charge in [-0.25, -0.2) is 0 Å². The number of fused-ring (bicyclic) bond motifs is 1. The van der Waals surface area contributed by atoms with Gasteiger partial charge in [-0.05, 0) is 53.9 Å². The van der Waals surface area contributed by atoms with Crippen molar-refractivity contribution in [2.45, 2.75) is 24.6 Å². The molecule has 2 aromatic carbocycles. The normalized spacial score (nSPS) is 17.2. The summed E-state index contributed by atoms with van der Waals surface area (Å²) < 4.78 is 79.3. The van der Waals surface area contributed by atoms with Crippen LogP contribution in [0, 0.1) is 6.92 Å². The lowest BCUT2D eigenvalue weighted by Crippen LogP contribution is -2.30. The molecule has 166 valence electrons. The average molecular weight is 460 g/mol. The number of ether oxygens (including phenoxy) is 2. The lowest BCUT2D eigenvalue weighted by molar-refractivity contribution is -0.137. The van der Waals surface area contributed by atoms with Crippen molar-refractivity contribution in [1.82, 2.24) is 0 Å². The maximum Gasteiger partial charge on any atom is 0.416 e. The van der Waals surface area contributed by atoms with Gasteiger partial charge < -0.3 is 14.4 Å². The molecule has 0 unspecified atom stereocenters. The average Bonchev–Trinajstić information content (AvgIpc) is 2.82. The quantitative estimate of drug-likeness (QED) is 0.370. The number of methoxy groups -OCH3 is 1. The van der Waals surface area contributed by atoms with Gasteiger partial charge in [-0.2, -0.15) is 22.0 Å². The van der Waals surface area contributed by atoms with Gasteiger partial charge in [0, 0.05) is 11.3 Å². The predicted octanol–water partition coefficient (Wildman–Crippen LogP) is 6.81. The molecule has 0 bridgehead atoms. The molecule has 3 rings (SSSR count). The molecule has 3 nitrogen and oxygen atoms in total. The zero-order valence-electron chi connectivity index (χ0n) is 16.7. The Morgan fingerprint density at radius 1 is 1.16 bits per heavy atom. The number of rotatable bonds is 4. The number of benzene rings is 2. The Hall–Kier alpha value is -2.58. The highest BCUT2D eigenvalue weighted by molar-refractivity contribution is 6.23. The monoisotopic (exact) mass is 459 g/mol. The number of hydrogen-bond donors (Lipinski definition) is 0. The Morgan fingerprint density at radius 2 is 1.84 bits per heavy atom. The molecule has 0 N–H and O–H groups in total. The summed E-state index contributed by atoms with van der Waals surface area (Å²) in [6, 6.07) is 7.82. The first-order valence-corrected chi connectivity index (χ1v) is 9.44. The van der Waals surface area contributed by atoms with Crippen molar-refractivity contribution in [2.24, 2.45) is 0 Å². The lowest BCUT2D eigenvalue weighted by atomic mass is 9.93. The molecule has 1 atom stereocenters. The van der Waals surface area contributed by atoms with Crippen LogP contribution in [0.3, 0.4) is 0 Å². The summed E-state index contributed by atoms with van der Waals surface area (Å²) in [5, 5.41) is -3.85. The van der Waals surface area contributed by atoms with Crippen LogP contribution in [-0.4, -0.2) is 19.1 Å². The molecule has 0 fully saturated rings. The Kier molecular flexibility index (Phi) is 6.08. The topological polar surface area (TPSA) is 21.7 Å². The van der Waals surface area contributed by atoms with Crippen LogP contribution in [0.5, 0.6) is 5.75 Å². The van der Waals surface area contributed by atoms with E-state index in [-0.39, 0.29) is 23.6 Å². The second kappa shape index (κ2) is 8.16. The third kappa shape index (κ3) is 4.41. The zero-order valence-corrected chi connectivity index (χ0v) is 17.5. The van der Waals surface area contributed by atoms with E-state index in [0.717, 1.165) is 23.1 Å². The maximum atomic E-state index is 13.9. The van der Waals surface area contributed by atoms with Crippen LogP contribution in [-0.2, 0) is 10.9 Å². The zero-order chi connectivity index (χ0) is 23.1. The van der Waals surface area contributed by atoms with Gasteiger partial charge in [-0.3, -0.25) is 0 Å². The smallest absolute Gasteiger partial charge is 0.416 e. The molecule has 9 heteroatoms. The van der Waals surface area contributed by atoms with E-state index in [1.807, 2.05) is 0 Å². The molecular formula is C22H19ClF5NO2. The predicted molar refractivity (Wildman–Crippen MR) is 109 cm³/mol. The fourth-order valence-electron chi connectivity index (χ4n) is 3.51. The number of anilines is 1. The van der Waals surface area contributed by atoms with E-state index in [1.54, 1.807) is 25.1 Å². The van der Waals surface area contributed by atoms with Gasteiger partial charge in [0.25, 0.3) is 0 Å². The minimum atomic E-state index is -4.65. The SMILES string of the molecule is C=C1CO[C@H](c2cccc(OC)c2C)c2cc(C(F)(F)F)ccc2N1C(=C)C(F)(F)Cl. The first-order valence-electron chi connectivity index (χ1n) is 9.06. The second-order valence-electron chi connectivity index (χ2n) is 6.98. The fourth-order valence-corrected chi connectivity index (χ4v) is 3.59. The van der Waals surface area contributed by atoms with Gasteiger partial charge in [-0.15, -0.1) is 0 Å². The van der Waals surface area contributed by atoms with Crippen LogP contribution < -0.4 is 9.64 Å². The highest BCUT2D eigenvalue weighted by atomic mass is 35.5. The van der Waals surface area contributed by atoms with Crippen molar-refractivity contribution in [1.29, 1.82) is 0 Å². The van der Waals surface area contributed by atoms with Gasteiger partial charge in [0.1, 0.15) is 17.6 Å². The summed E-state index contributed by atoms with van der Waals surface area (Å²) in [4.78, 5) is 0.942. The maximum absolute atomic E-state index is 13.9. The van der Waals surface area contributed by atoms with E-state index in [2.05, 4.69) is 13.2 Å². The highest BCUT2D eigenvalue weighted by Gasteiger charge is 2.40. The van der Waals surface area contributed by atoms with Crippen molar-refractivity contribution in [2.75, 3.05) is 18.6 Å². The first kappa shape index (κ1) is 23.1. The summed E-state index contributed by atoms with van der Waals surface area (Å²) in [5.41, 5.74) is -0.533. The Bertz CT molecular complexity index is 1030. The first-order chi connectivity index (χ1) is 14.4. The lowest BCUT2D eigenvalue weighted by Gasteiger charge is -2.30. The van der Waals surface area contributed by atoms with Gasteiger partial charge in [0.2, 0.25) is 0 Å². The molecule has 0 amide bonds. The largest absolute Gasteiger partial charge is 0.496 e. The van der Waals surface area contributed by atoms with Crippen molar-refractivity contribution in [3.05, 3.63) is 83.2 Å². The van der Waals surface area contributed by atoms with Crippen LogP contribution in [0.15, 0.2) is 61.0 Å². The number of alkyl halides is 6. The Labute approximate surface area is 181 Å². The van der Waals surface area contributed by atoms with E-state index in [0.29, 0.717) is 16.9 Å². The highest BCUT2D eigenvalue weighted by Crippen LogP contribution is 2.46. The van der Waals surface area contributed by atoms with Gasteiger partial charge in [0.05, 0.1) is 25.0 Å². The van der Waals surface area contributed by atoms with Crippen molar-refractivity contribution < 1.29 is 31.4 Å². The van der Waals surface area contributed by atoms with Crippen LogP contribution in [0.4, 0.5) is 27.6 Å². The molecular weight excluding hydrogens is 441 g/mol. The summed E-state index contributed by atoms with van der Waals surface area (Å²) in [5.74, 6) is 0.506. The van der Waals surface area contributed by atoms with Crippen molar-refractivity contribution in [3.63, 3.8) is 0 Å². The summed E-state index contributed by atoms with van der Waals surface area (Å²) in [6.45, 7) is 8.57. The molecule has 0 spiro atoms. The molecule has 0 radical (unpaired) electrons. The summed E-state index contributed by atoms with van der Waals surface area (Å²) in [7, 11) is 1.46. The van der Waals surface area contributed by atoms with E-state index >= 15 is 0 Å². The Morgan fingerprint density at radius 3 is 2.42 bits per heavy atom. The summed E-state index contributed by atoms with van der Waals surface area (Å²) >= 11 is 5.17. The number of hydrogen-bond acceptors (Lipinski definition) is 3. The molecule has 31 heavy (non-hydrogen) atoms. The molecule has 0 saturated carbocycles. The van der Waals surface area contributed by atoms with E-state index in [9.17, 15) is 22.0 Å². The minimum absolute atomic E-state index is 0.0203. The molecule has 2 aromatic rings. The molecule has 0 saturated heterocycles. The standard InChI is InChI=1S/C22H19ClF5NO2/c1-12-11-31-20(16-6-5-7-19(30-4)13(16)2)17-10-15(22(26,27)28)8-9-18(17)29(12)14(3)21(23,24)25/h5-10,20H,1,3,11H2,2,4H3/t20-/m1/s1. The second-order valence-corrected chi connectivity index (χ2v) is 7.46. The minimum Gasteiger partial charge on any atom is -0.496 e. The van der Waals surface area contributed by atoms with E-state index in [4.69, 9.17) is 21.1 Å². The van der Waals surface area contributed by atoms with Crippen LogP contribution in [0.2, 0.25) is 0 Å². The third-order valence-corrected chi connectivity index (χ3v) is 5.25. The van der Waals surface area contributed by atoms with Crippen LogP contribution in [0.25, 0.3) is 0 Å². The van der Waals surface area contributed by atoms with Crippen molar-refractivity contribution >= 4 is 17.3 Å². The fraction of sp³-hybridized carbons (Fsp3) is 0.273. The van der Waals surface area contributed by atoms with Gasteiger partial charge in [-0.1, -0.05) is 25.3 Å². The summed E-state index contributed by atoms with van der Waals surface area (Å²) in [6.07, 6.45) is -5.66. The van der Waals surface area contributed by atoms with Crippen molar-refractivity contribution in [3.8, 4) is 5.75 Å². The molecule has 0 aromatic heterocycles. The van der Waals surface area contributed by atoms with Gasteiger partial charge in [0.15, 0.2) is 0 Å². The number of allylic oxidation sites excluding steroid dienone is 1. The van der Waals surface area contributed by atoms with E-state index in [1.165, 1.54) is 7.11 Å².